The number of alkyl halides is 3. The van der Waals surface area contributed by atoms with Gasteiger partial charge in [0.05, 0.1) is 0 Å². The number of hydrogen-bond acceptors (Lipinski definition) is 2. The average molecular weight is 200 g/mol. The van der Waals surface area contributed by atoms with Crippen molar-refractivity contribution in [3.63, 3.8) is 0 Å². The van der Waals surface area contributed by atoms with Crippen LogP contribution in [0.5, 0.6) is 0 Å². The smallest absolute Gasteiger partial charge is 0.166 e. The van der Waals surface area contributed by atoms with E-state index in [0.717, 1.165) is 5.56 Å². The minimum atomic E-state index is -4.43. The van der Waals surface area contributed by atoms with Crippen LogP contribution >= 0.6 is 0 Å². The third kappa shape index (κ3) is 1.20. The molecule has 0 saturated heterocycles. The molecule has 0 aliphatic carbocycles. The number of rotatable bonds is 1. The van der Waals surface area contributed by atoms with E-state index < -0.39 is 11.8 Å². The molecule has 1 heterocycles. The van der Waals surface area contributed by atoms with Crippen molar-refractivity contribution >= 4 is 0 Å². The summed E-state index contributed by atoms with van der Waals surface area (Å²) in [5.74, 6) is 0. The molecule has 0 radical (unpaired) electrons. The summed E-state index contributed by atoms with van der Waals surface area (Å²) in [7, 11) is 0. The zero-order valence-corrected chi connectivity index (χ0v) is 7.34. The van der Waals surface area contributed by atoms with Crippen LogP contribution in [0.1, 0.15) is 11.1 Å². The Hall–Kier alpha value is -1.39. The van der Waals surface area contributed by atoms with Crippen molar-refractivity contribution in [3.8, 4) is 0 Å². The largest absolute Gasteiger partial charge is 0.442 e. The Bertz CT molecular complexity index is 372. The molecule has 0 aromatic heterocycles. The number of nitrogens with zero attached hydrogens (tertiary/aromatic N) is 2. The van der Waals surface area contributed by atoms with E-state index in [0.29, 0.717) is 0 Å². The van der Waals surface area contributed by atoms with E-state index in [4.69, 9.17) is 0 Å². The highest BCUT2D eigenvalue weighted by molar-refractivity contribution is 5.31. The van der Waals surface area contributed by atoms with Gasteiger partial charge in [-0.1, -0.05) is 29.8 Å². The first-order valence-electron chi connectivity index (χ1n) is 4.04. The number of benzene rings is 1. The second kappa shape index (κ2) is 2.56. The highest BCUT2D eigenvalue weighted by Crippen LogP contribution is 2.52. The fourth-order valence-electron chi connectivity index (χ4n) is 1.23. The second-order valence-corrected chi connectivity index (χ2v) is 3.24. The third-order valence-electron chi connectivity index (χ3n) is 2.15. The molecule has 0 saturated carbocycles. The molecule has 1 aliphatic rings. The minimum Gasteiger partial charge on any atom is -0.166 e. The Morgan fingerprint density at radius 3 is 1.93 bits per heavy atom. The fraction of sp³-hybridized carbons (Fsp3) is 0.333. The van der Waals surface area contributed by atoms with E-state index in [1.807, 2.05) is 6.92 Å². The molecule has 0 amide bonds. The van der Waals surface area contributed by atoms with Crippen molar-refractivity contribution in [2.75, 3.05) is 0 Å². The average Bonchev–Trinajstić information content (AvgIpc) is 2.84. The van der Waals surface area contributed by atoms with Gasteiger partial charge in [0.1, 0.15) is 0 Å². The van der Waals surface area contributed by atoms with Crippen molar-refractivity contribution in [3.05, 3.63) is 35.4 Å². The molecule has 1 aliphatic heterocycles. The predicted octanol–water partition coefficient (Wildman–Crippen LogP) is 3.18. The van der Waals surface area contributed by atoms with Gasteiger partial charge >= 0.3 is 11.8 Å². The van der Waals surface area contributed by atoms with Gasteiger partial charge in [-0.25, -0.2) is 0 Å². The zero-order valence-electron chi connectivity index (χ0n) is 7.34. The molecule has 74 valence electrons. The van der Waals surface area contributed by atoms with Crippen molar-refractivity contribution < 1.29 is 13.2 Å². The van der Waals surface area contributed by atoms with E-state index >= 15 is 0 Å². The predicted molar refractivity (Wildman–Crippen MR) is 43.8 cm³/mol. The third-order valence-corrected chi connectivity index (χ3v) is 2.15. The molecule has 1 aromatic rings. The lowest BCUT2D eigenvalue weighted by Crippen LogP contribution is -2.29. The summed E-state index contributed by atoms with van der Waals surface area (Å²) in [6.45, 7) is 1.81. The van der Waals surface area contributed by atoms with Crippen LogP contribution in [0.15, 0.2) is 34.5 Å². The van der Waals surface area contributed by atoms with Crippen LogP contribution in [0.2, 0.25) is 0 Å². The van der Waals surface area contributed by atoms with Gasteiger partial charge in [-0.15, -0.1) is 10.2 Å². The summed E-state index contributed by atoms with van der Waals surface area (Å²) in [5, 5.41) is 6.21. The van der Waals surface area contributed by atoms with Crippen LogP contribution in [0.3, 0.4) is 0 Å². The summed E-state index contributed by atoms with van der Waals surface area (Å²) < 4.78 is 37.5. The van der Waals surface area contributed by atoms with Gasteiger partial charge in [-0.2, -0.15) is 13.2 Å². The summed E-state index contributed by atoms with van der Waals surface area (Å²) in [5.41, 5.74) is -1.29. The van der Waals surface area contributed by atoms with Crippen LogP contribution < -0.4 is 0 Å². The first kappa shape index (κ1) is 9.18. The van der Waals surface area contributed by atoms with Gasteiger partial charge in [-0.3, -0.25) is 0 Å². The Labute approximate surface area is 78.5 Å². The molecule has 14 heavy (non-hydrogen) atoms. The maximum atomic E-state index is 12.5. The van der Waals surface area contributed by atoms with Crippen molar-refractivity contribution in [1.82, 2.24) is 0 Å². The summed E-state index contributed by atoms with van der Waals surface area (Å²) >= 11 is 0. The van der Waals surface area contributed by atoms with E-state index in [9.17, 15) is 13.2 Å². The lowest BCUT2D eigenvalue weighted by Gasteiger charge is -2.14. The molecule has 0 N–H and O–H groups in total. The van der Waals surface area contributed by atoms with E-state index in [1.54, 1.807) is 12.1 Å². The lowest BCUT2D eigenvalue weighted by molar-refractivity contribution is -0.166. The Morgan fingerprint density at radius 2 is 1.57 bits per heavy atom. The van der Waals surface area contributed by atoms with Gasteiger partial charge in [0.2, 0.25) is 0 Å². The highest BCUT2D eigenvalue weighted by Gasteiger charge is 2.65. The first-order chi connectivity index (χ1) is 6.46. The van der Waals surface area contributed by atoms with Crippen molar-refractivity contribution in [2.24, 2.45) is 10.2 Å². The molecular weight excluding hydrogens is 193 g/mol. The highest BCUT2D eigenvalue weighted by atomic mass is 19.4. The fourth-order valence-corrected chi connectivity index (χ4v) is 1.23. The molecule has 0 atom stereocenters. The molecule has 0 fully saturated rings. The quantitative estimate of drug-likeness (QED) is 0.665. The Morgan fingerprint density at radius 1 is 1.07 bits per heavy atom. The molecule has 2 rings (SSSR count). The van der Waals surface area contributed by atoms with Crippen LogP contribution in [-0.4, -0.2) is 6.18 Å². The van der Waals surface area contributed by atoms with E-state index in [1.165, 1.54) is 12.1 Å². The maximum absolute atomic E-state index is 12.5. The first-order valence-corrected chi connectivity index (χ1v) is 4.04. The van der Waals surface area contributed by atoms with Crippen LogP contribution in [0.4, 0.5) is 13.2 Å². The van der Waals surface area contributed by atoms with Gasteiger partial charge < -0.3 is 0 Å². The number of hydrogen-bond donors (Lipinski definition) is 0. The summed E-state index contributed by atoms with van der Waals surface area (Å²) in [6, 6.07) is 6.05. The monoisotopic (exact) mass is 200 g/mol. The van der Waals surface area contributed by atoms with Crippen LogP contribution in [0.25, 0.3) is 0 Å². The molecule has 5 heteroatoms. The van der Waals surface area contributed by atoms with Gasteiger partial charge in [0, 0.05) is 5.56 Å². The lowest BCUT2D eigenvalue weighted by atomic mass is 10.0. The molecule has 2 nitrogen and oxygen atoms in total. The molecular formula is C9H7F3N2. The minimum absolute atomic E-state index is 0.0793. The molecule has 0 unspecified atom stereocenters. The normalized spacial score (nSPS) is 18.3. The zero-order chi connectivity index (χ0) is 10.4. The molecule has 0 spiro atoms. The molecule has 1 aromatic carbocycles. The Kier molecular flexibility index (Phi) is 1.68. The van der Waals surface area contributed by atoms with Gasteiger partial charge in [0.15, 0.2) is 0 Å². The topological polar surface area (TPSA) is 24.7 Å². The summed E-state index contributed by atoms with van der Waals surface area (Å²) in [4.78, 5) is 0. The van der Waals surface area contributed by atoms with Gasteiger partial charge in [-0.05, 0) is 6.92 Å². The maximum Gasteiger partial charge on any atom is 0.442 e. The Balaban J connectivity index is 2.37. The van der Waals surface area contributed by atoms with Crippen LogP contribution in [-0.2, 0) is 5.66 Å². The van der Waals surface area contributed by atoms with Crippen LogP contribution in [0, 0.1) is 6.92 Å². The van der Waals surface area contributed by atoms with Crippen molar-refractivity contribution in [2.45, 2.75) is 18.8 Å². The number of aryl methyl sites for hydroxylation is 1. The SMILES string of the molecule is Cc1ccc(C2(C(F)(F)F)N=N2)cc1. The van der Waals surface area contributed by atoms with Gasteiger partial charge in [0.25, 0.3) is 0 Å². The standard InChI is InChI=1S/C9H7F3N2/c1-6-2-4-7(5-3-6)8(13-14-8)9(10,11)12/h2-5H,1H3. The number of halogens is 3. The van der Waals surface area contributed by atoms with Crippen molar-refractivity contribution in [1.29, 1.82) is 0 Å². The van der Waals surface area contributed by atoms with E-state index in [2.05, 4.69) is 10.2 Å². The van der Waals surface area contributed by atoms with E-state index in [-0.39, 0.29) is 5.56 Å². The molecule has 0 bridgehead atoms. The second-order valence-electron chi connectivity index (χ2n) is 3.24. The summed E-state index contributed by atoms with van der Waals surface area (Å²) in [6.07, 6.45) is -4.43.